The molecule has 1 amide bonds. The summed E-state index contributed by atoms with van der Waals surface area (Å²) in [5.41, 5.74) is 0.395. The molecule has 0 aromatic rings. The molecule has 0 radical (unpaired) electrons. The molecule has 0 N–H and O–H groups in total. The van der Waals surface area contributed by atoms with E-state index in [4.69, 9.17) is 9.47 Å². The fourth-order valence-corrected chi connectivity index (χ4v) is 2.61. The van der Waals surface area contributed by atoms with E-state index in [1.165, 1.54) is 18.7 Å². The number of ether oxygens (including phenoxy) is 2. The van der Waals surface area contributed by atoms with Crippen molar-refractivity contribution in [2.45, 2.75) is 38.5 Å². The van der Waals surface area contributed by atoms with Gasteiger partial charge in [-0.05, 0) is 12.8 Å². The topological polar surface area (TPSA) is 76.1 Å². The Morgan fingerprint density at radius 2 is 1.76 bits per heavy atom. The largest absolute Gasteiger partial charge is 0.419 e. The van der Waals surface area contributed by atoms with Gasteiger partial charge in [0.25, 0.3) is 5.79 Å². The van der Waals surface area contributed by atoms with Crippen LogP contribution in [-0.4, -0.2) is 60.6 Å². The van der Waals surface area contributed by atoms with E-state index < -0.39 is 17.7 Å². The number of likely N-dealkylation sites (N-methyl/N-ethyl adjacent to an activating group) is 2. The summed E-state index contributed by atoms with van der Waals surface area (Å²) >= 11 is 0. The lowest BCUT2D eigenvalue weighted by Gasteiger charge is -2.32. The number of nitrogens with zero attached hydrogens (tertiary/aromatic N) is 2. The van der Waals surface area contributed by atoms with E-state index in [-0.39, 0.29) is 17.5 Å². The van der Waals surface area contributed by atoms with Crippen LogP contribution in [0.4, 0.5) is 0 Å². The molecule has 1 atom stereocenters. The molecule has 2 saturated heterocycles. The molecule has 0 spiro atoms. The van der Waals surface area contributed by atoms with Gasteiger partial charge in [-0.3, -0.25) is 4.79 Å². The molecule has 7 heteroatoms. The number of allylic oxidation sites excluding steroid dienone is 1. The predicted molar refractivity (Wildman–Crippen MR) is 72.8 cm³/mol. The highest BCUT2D eigenvalue weighted by Gasteiger charge is 2.44. The van der Waals surface area contributed by atoms with E-state index in [1.807, 2.05) is 0 Å². The maximum absolute atomic E-state index is 12.1. The second-order valence-electron chi connectivity index (χ2n) is 5.90. The van der Waals surface area contributed by atoms with Crippen molar-refractivity contribution >= 4 is 17.8 Å². The first kappa shape index (κ1) is 15.3. The number of hydrogen-bond donors (Lipinski definition) is 0. The molecule has 0 saturated carbocycles. The smallest absolute Gasteiger partial charge is 0.350 e. The van der Waals surface area contributed by atoms with Gasteiger partial charge >= 0.3 is 11.9 Å². The molecule has 0 bridgehead atoms. The summed E-state index contributed by atoms with van der Waals surface area (Å²) in [7, 11) is 5.04. The van der Waals surface area contributed by atoms with Crippen molar-refractivity contribution in [3.63, 3.8) is 0 Å². The minimum Gasteiger partial charge on any atom is -0.419 e. The molecule has 7 nitrogen and oxygen atoms in total. The number of cyclic esters (lactones) is 2. The molecular formula is C14H20N2O5. The Bertz CT molecular complexity index is 513. The van der Waals surface area contributed by atoms with Crippen LogP contribution in [0.3, 0.4) is 0 Å². The third kappa shape index (κ3) is 2.72. The van der Waals surface area contributed by atoms with Crippen LogP contribution in [0, 0.1) is 0 Å². The fraction of sp³-hybridized carbons (Fsp3) is 0.643. The van der Waals surface area contributed by atoms with Crippen molar-refractivity contribution in [1.82, 2.24) is 9.80 Å². The van der Waals surface area contributed by atoms with Crippen LogP contribution in [0.25, 0.3) is 0 Å². The zero-order chi connectivity index (χ0) is 15.9. The Hall–Kier alpha value is -2.05. The highest BCUT2D eigenvalue weighted by Crippen LogP contribution is 2.33. The van der Waals surface area contributed by atoms with E-state index in [9.17, 15) is 14.4 Å². The summed E-state index contributed by atoms with van der Waals surface area (Å²) in [5.74, 6) is -2.72. The minimum atomic E-state index is -1.26. The monoisotopic (exact) mass is 296 g/mol. The van der Waals surface area contributed by atoms with E-state index >= 15 is 0 Å². The van der Waals surface area contributed by atoms with Gasteiger partial charge in [-0.2, -0.15) is 0 Å². The quantitative estimate of drug-likeness (QED) is 0.392. The summed E-state index contributed by atoms with van der Waals surface area (Å²) < 4.78 is 10.2. The maximum Gasteiger partial charge on any atom is 0.350 e. The van der Waals surface area contributed by atoms with Crippen molar-refractivity contribution in [2.75, 3.05) is 21.1 Å². The Morgan fingerprint density at radius 3 is 2.24 bits per heavy atom. The first-order valence-electron chi connectivity index (χ1n) is 6.78. The second-order valence-corrected chi connectivity index (χ2v) is 5.90. The predicted octanol–water partition coefficient (Wildman–Crippen LogP) is 0.259. The van der Waals surface area contributed by atoms with Crippen LogP contribution in [-0.2, 0) is 23.9 Å². The maximum atomic E-state index is 12.1. The van der Waals surface area contributed by atoms with Crippen molar-refractivity contribution in [2.24, 2.45) is 0 Å². The van der Waals surface area contributed by atoms with Crippen molar-refractivity contribution in [1.29, 1.82) is 0 Å². The van der Waals surface area contributed by atoms with Gasteiger partial charge in [0.2, 0.25) is 5.91 Å². The molecule has 2 rings (SSSR count). The third-order valence-electron chi connectivity index (χ3n) is 3.65. The number of amides is 1. The lowest BCUT2D eigenvalue weighted by atomic mass is 10.1. The number of likely N-dealkylation sites (tertiary alicyclic amines) is 1. The lowest BCUT2D eigenvalue weighted by molar-refractivity contribution is -0.222. The van der Waals surface area contributed by atoms with Gasteiger partial charge in [-0.15, -0.1) is 0 Å². The average Bonchev–Trinajstić information content (AvgIpc) is 2.68. The molecule has 2 fully saturated rings. The van der Waals surface area contributed by atoms with Gasteiger partial charge in [0, 0.05) is 40.7 Å². The Morgan fingerprint density at radius 1 is 1.24 bits per heavy atom. The molecule has 2 aliphatic heterocycles. The molecule has 116 valence electrons. The SMILES string of the molecule is CN(C)C(=O)C1CCC(=C2C(=O)OC(C)(C)OC2=O)N1C. The standard InChI is InChI=1S/C14H20N2O5/c1-14(2)20-12(18)10(13(19)21-14)8-6-7-9(16(8)5)11(17)15(3)4/h9H,6-7H2,1-5H3. The van der Waals surface area contributed by atoms with Gasteiger partial charge < -0.3 is 19.3 Å². The van der Waals surface area contributed by atoms with E-state index in [0.717, 1.165) is 0 Å². The summed E-state index contributed by atoms with van der Waals surface area (Å²) in [4.78, 5) is 39.4. The van der Waals surface area contributed by atoms with Crippen LogP contribution >= 0.6 is 0 Å². The summed E-state index contributed by atoms with van der Waals surface area (Å²) in [6.45, 7) is 3.00. The van der Waals surface area contributed by atoms with E-state index in [0.29, 0.717) is 18.5 Å². The van der Waals surface area contributed by atoms with Gasteiger partial charge in [-0.25, -0.2) is 9.59 Å². The van der Waals surface area contributed by atoms with Gasteiger partial charge in [0.05, 0.1) is 0 Å². The van der Waals surface area contributed by atoms with Gasteiger partial charge in [0.1, 0.15) is 6.04 Å². The third-order valence-corrected chi connectivity index (χ3v) is 3.65. The molecule has 2 aliphatic rings. The number of esters is 2. The number of carbonyl (C=O) groups excluding carboxylic acids is 3. The number of rotatable bonds is 1. The number of carbonyl (C=O) groups is 3. The normalized spacial score (nSPS) is 24.8. The Labute approximate surface area is 123 Å². The molecule has 1 unspecified atom stereocenters. The molecule has 0 aromatic carbocycles. The van der Waals surface area contributed by atoms with E-state index in [1.54, 1.807) is 26.0 Å². The fourth-order valence-electron chi connectivity index (χ4n) is 2.61. The molecule has 2 heterocycles. The van der Waals surface area contributed by atoms with Crippen LogP contribution in [0.5, 0.6) is 0 Å². The average molecular weight is 296 g/mol. The first-order valence-corrected chi connectivity index (χ1v) is 6.78. The van der Waals surface area contributed by atoms with Gasteiger partial charge in [0.15, 0.2) is 5.57 Å². The minimum absolute atomic E-state index is 0.0639. The highest BCUT2D eigenvalue weighted by molar-refractivity contribution is 6.16. The molecular weight excluding hydrogens is 276 g/mol. The molecule has 0 aliphatic carbocycles. The summed E-state index contributed by atoms with van der Waals surface area (Å²) in [6, 6.07) is -0.377. The first-order chi connectivity index (χ1) is 9.64. The van der Waals surface area contributed by atoms with Crippen molar-refractivity contribution in [3.05, 3.63) is 11.3 Å². The Balaban J connectivity index is 2.31. The lowest BCUT2D eigenvalue weighted by Crippen LogP contribution is -2.44. The van der Waals surface area contributed by atoms with Crippen LogP contribution in [0.1, 0.15) is 26.7 Å². The highest BCUT2D eigenvalue weighted by atomic mass is 16.7. The van der Waals surface area contributed by atoms with Crippen molar-refractivity contribution in [3.8, 4) is 0 Å². The zero-order valence-corrected chi connectivity index (χ0v) is 12.9. The second kappa shape index (κ2) is 5.05. The number of hydrogen-bond acceptors (Lipinski definition) is 6. The van der Waals surface area contributed by atoms with E-state index in [2.05, 4.69) is 0 Å². The summed E-state index contributed by atoms with van der Waals surface area (Å²) in [5, 5.41) is 0. The van der Waals surface area contributed by atoms with Crippen LogP contribution in [0.2, 0.25) is 0 Å². The van der Waals surface area contributed by atoms with Crippen LogP contribution < -0.4 is 0 Å². The van der Waals surface area contributed by atoms with Crippen LogP contribution in [0.15, 0.2) is 11.3 Å². The molecule has 21 heavy (non-hydrogen) atoms. The Kier molecular flexibility index (Phi) is 3.69. The summed E-state index contributed by atoms with van der Waals surface area (Å²) in [6.07, 6.45) is 1.01. The van der Waals surface area contributed by atoms with Crippen molar-refractivity contribution < 1.29 is 23.9 Å². The van der Waals surface area contributed by atoms with Gasteiger partial charge in [-0.1, -0.05) is 0 Å². The molecule has 0 aromatic heterocycles. The zero-order valence-electron chi connectivity index (χ0n) is 12.9.